The molecule has 3 heterocycles. The van der Waals surface area contributed by atoms with Crippen molar-refractivity contribution in [2.45, 2.75) is 26.0 Å². The van der Waals surface area contributed by atoms with Crippen LogP contribution >= 0.6 is 11.3 Å². The average molecular weight is 475 g/mol. The molecule has 1 atom stereocenters. The van der Waals surface area contributed by atoms with Crippen molar-refractivity contribution in [2.24, 2.45) is 0 Å². The summed E-state index contributed by atoms with van der Waals surface area (Å²) in [4.78, 5) is 34.5. The van der Waals surface area contributed by atoms with Crippen molar-refractivity contribution in [3.63, 3.8) is 0 Å². The lowest BCUT2D eigenvalue weighted by atomic mass is 10.1. The molecule has 2 N–H and O–H groups in total. The van der Waals surface area contributed by atoms with E-state index >= 15 is 0 Å². The molecule has 0 saturated heterocycles. The van der Waals surface area contributed by atoms with Crippen LogP contribution in [0.25, 0.3) is 10.9 Å². The maximum Gasteiger partial charge on any atom is 0.258 e. The van der Waals surface area contributed by atoms with E-state index in [9.17, 15) is 9.59 Å². The average Bonchev–Trinajstić information content (AvgIpc) is 3.29. The maximum atomic E-state index is 12.8. The van der Waals surface area contributed by atoms with Crippen molar-refractivity contribution in [3.8, 4) is 5.75 Å². The van der Waals surface area contributed by atoms with Crippen LogP contribution in [0.3, 0.4) is 0 Å². The fourth-order valence-corrected chi connectivity index (χ4v) is 4.96. The number of nitrogens with zero attached hydrogens (tertiary/aromatic N) is 2. The van der Waals surface area contributed by atoms with E-state index in [-0.39, 0.29) is 24.1 Å². The summed E-state index contributed by atoms with van der Waals surface area (Å²) >= 11 is 1.64. The van der Waals surface area contributed by atoms with E-state index in [1.165, 1.54) is 0 Å². The first kappa shape index (κ1) is 22.3. The summed E-state index contributed by atoms with van der Waals surface area (Å²) in [6.07, 6.45) is 0.323. The van der Waals surface area contributed by atoms with Gasteiger partial charge in [-0.3, -0.25) is 14.5 Å². The minimum Gasteiger partial charge on any atom is -0.484 e. The van der Waals surface area contributed by atoms with E-state index in [4.69, 9.17) is 4.74 Å². The summed E-state index contributed by atoms with van der Waals surface area (Å²) in [5.74, 6) is 1.37. The molecule has 4 aromatic rings. The van der Waals surface area contributed by atoms with Crippen LogP contribution in [0.2, 0.25) is 0 Å². The van der Waals surface area contributed by atoms with Gasteiger partial charge in [0.25, 0.3) is 5.56 Å². The summed E-state index contributed by atoms with van der Waals surface area (Å²) < 4.78 is 6.34. The summed E-state index contributed by atoms with van der Waals surface area (Å²) in [5.41, 5.74) is 3.87. The molecule has 2 aromatic carbocycles. The molecule has 174 valence electrons. The number of nitrogens with one attached hydrogen (secondary N) is 2. The van der Waals surface area contributed by atoms with Crippen LogP contribution in [0, 0.1) is 6.92 Å². The number of carbonyl (C=O) groups is 1. The molecule has 1 aliphatic heterocycles. The molecule has 1 amide bonds. The normalized spacial score (nSPS) is 16.0. The highest BCUT2D eigenvalue weighted by Crippen LogP contribution is 2.32. The van der Waals surface area contributed by atoms with E-state index in [1.54, 1.807) is 17.4 Å². The molecule has 7 nitrogen and oxygen atoms in total. The van der Waals surface area contributed by atoms with Gasteiger partial charge in [-0.2, -0.15) is 11.3 Å². The molecule has 0 saturated carbocycles. The smallest absolute Gasteiger partial charge is 0.258 e. The van der Waals surface area contributed by atoms with Crippen LogP contribution in [0.5, 0.6) is 5.75 Å². The number of aromatic nitrogens is 2. The summed E-state index contributed by atoms with van der Waals surface area (Å²) in [7, 11) is 0. The third-order valence-electron chi connectivity index (χ3n) is 5.93. The first-order valence-electron chi connectivity index (χ1n) is 11.3. The molecule has 34 heavy (non-hydrogen) atoms. The highest BCUT2D eigenvalue weighted by atomic mass is 32.1. The lowest BCUT2D eigenvalue weighted by Crippen LogP contribution is -2.39. The van der Waals surface area contributed by atoms with Gasteiger partial charge in [-0.25, -0.2) is 4.98 Å². The Balaban J connectivity index is 1.24. The van der Waals surface area contributed by atoms with Gasteiger partial charge in [0, 0.05) is 37.2 Å². The number of hydrogen-bond donors (Lipinski definition) is 2. The monoisotopic (exact) mass is 474 g/mol. The van der Waals surface area contributed by atoms with E-state index in [0.29, 0.717) is 42.8 Å². The van der Waals surface area contributed by atoms with E-state index < -0.39 is 0 Å². The van der Waals surface area contributed by atoms with Gasteiger partial charge in [0.05, 0.1) is 17.4 Å². The van der Waals surface area contributed by atoms with Gasteiger partial charge in [0.1, 0.15) is 17.7 Å². The van der Waals surface area contributed by atoms with E-state index in [0.717, 1.165) is 22.4 Å². The van der Waals surface area contributed by atoms with Gasteiger partial charge in [-0.05, 0) is 41.9 Å². The van der Waals surface area contributed by atoms with Crippen molar-refractivity contribution in [1.82, 2.24) is 20.2 Å². The van der Waals surface area contributed by atoms with Gasteiger partial charge < -0.3 is 15.0 Å². The SMILES string of the molecule is Cc1ccc2c(c1)CN(CC(=O)NCCc1nc3ccccc3c(=O)[nH]1)CC(c1ccsc1)O2. The van der Waals surface area contributed by atoms with Crippen molar-refractivity contribution >= 4 is 28.1 Å². The van der Waals surface area contributed by atoms with Crippen LogP contribution in [0.15, 0.2) is 64.1 Å². The number of carbonyl (C=O) groups excluding carboxylic acids is 1. The summed E-state index contributed by atoms with van der Waals surface area (Å²) in [6.45, 7) is 3.99. The third-order valence-corrected chi connectivity index (χ3v) is 6.63. The predicted octanol–water partition coefficient (Wildman–Crippen LogP) is 3.59. The van der Waals surface area contributed by atoms with Crippen LogP contribution in [-0.2, 0) is 17.8 Å². The summed E-state index contributed by atoms with van der Waals surface area (Å²) in [6, 6.07) is 15.5. The zero-order chi connectivity index (χ0) is 23.5. The molecular weight excluding hydrogens is 448 g/mol. The number of aromatic amines is 1. The minimum atomic E-state index is -0.162. The van der Waals surface area contributed by atoms with Crippen molar-refractivity contribution in [1.29, 1.82) is 0 Å². The van der Waals surface area contributed by atoms with E-state index in [2.05, 4.69) is 50.7 Å². The molecule has 0 radical (unpaired) electrons. The molecular formula is C26H26N4O3S. The molecule has 2 aromatic heterocycles. The number of aryl methyl sites for hydroxylation is 1. The molecule has 0 fully saturated rings. The second-order valence-electron chi connectivity index (χ2n) is 8.57. The number of rotatable bonds is 6. The van der Waals surface area contributed by atoms with Crippen molar-refractivity contribution in [2.75, 3.05) is 19.6 Å². The second-order valence-corrected chi connectivity index (χ2v) is 9.35. The molecule has 0 bridgehead atoms. The third kappa shape index (κ3) is 5.03. The van der Waals surface area contributed by atoms with Gasteiger partial charge >= 0.3 is 0 Å². The Labute approximate surface area is 201 Å². The molecule has 8 heteroatoms. The number of benzene rings is 2. The minimum absolute atomic E-state index is 0.0664. The number of hydrogen-bond acceptors (Lipinski definition) is 6. The fourth-order valence-electron chi connectivity index (χ4n) is 4.26. The Kier molecular flexibility index (Phi) is 6.42. The largest absolute Gasteiger partial charge is 0.484 e. The number of fused-ring (bicyclic) bond motifs is 2. The van der Waals surface area contributed by atoms with E-state index in [1.807, 2.05) is 29.6 Å². The van der Waals surface area contributed by atoms with Gasteiger partial charge in [0.2, 0.25) is 5.91 Å². The van der Waals surface area contributed by atoms with Crippen LogP contribution < -0.4 is 15.6 Å². The number of para-hydroxylation sites is 1. The Morgan fingerprint density at radius 3 is 3.00 bits per heavy atom. The zero-order valence-electron chi connectivity index (χ0n) is 18.9. The van der Waals surface area contributed by atoms with Crippen LogP contribution in [0.4, 0.5) is 0 Å². The summed E-state index contributed by atoms with van der Waals surface area (Å²) in [5, 5.41) is 7.67. The topological polar surface area (TPSA) is 87.3 Å². The molecule has 1 aliphatic rings. The molecule has 5 rings (SSSR count). The lowest BCUT2D eigenvalue weighted by molar-refractivity contribution is -0.122. The first-order chi connectivity index (χ1) is 16.5. The van der Waals surface area contributed by atoms with Crippen molar-refractivity contribution in [3.05, 3.63) is 92.2 Å². The molecule has 1 unspecified atom stereocenters. The van der Waals surface area contributed by atoms with Gasteiger partial charge in [-0.15, -0.1) is 0 Å². The van der Waals surface area contributed by atoms with Gasteiger partial charge in [-0.1, -0.05) is 29.8 Å². The lowest BCUT2D eigenvalue weighted by Gasteiger charge is -2.23. The van der Waals surface area contributed by atoms with Crippen LogP contribution in [-0.4, -0.2) is 40.4 Å². The molecule has 0 aliphatic carbocycles. The fraction of sp³-hybridized carbons (Fsp3) is 0.269. The second kappa shape index (κ2) is 9.79. The number of H-pyrrole nitrogens is 1. The Morgan fingerprint density at radius 2 is 2.15 bits per heavy atom. The standard InChI is InChI=1S/C26H26N4O3S/c1-17-6-7-22-19(12-17)13-30(14-23(33-22)18-9-11-34-16-18)15-25(31)27-10-8-24-28-21-5-3-2-4-20(21)26(32)29-24/h2-7,9,11-12,16,23H,8,10,13-15H2,1H3,(H,27,31)(H,28,29,32). The number of thiophene rings is 1. The number of amides is 1. The Bertz CT molecular complexity index is 1370. The Morgan fingerprint density at radius 1 is 1.26 bits per heavy atom. The molecule has 0 spiro atoms. The highest BCUT2D eigenvalue weighted by Gasteiger charge is 2.26. The quantitative estimate of drug-likeness (QED) is 0.446. The van der Waals surface area contributed by atoms with Crippen molar-refractivity contribution < 1.29 is 9.53 Å². The zero-order valence-corrected chi connectivity index (χ0v) is 19.7. The number of ether oxygens (including phenoxy) is 1. The van der Waals surface area contributed by atoms with Gasteiger partial charge in [0.15, 0.2) is 0 Å². The maximum absolute atomic E-state index is 12.8. The predicted molar refractivity (Wildman–Crippen MR) is 133 cm³/mol. The highest BCUT2D eigenvalue weighted by molar-refractivity contribution is 7.07. The Hall–Kier alpha value is -3.49. The first-order valence-corrected chi connectivity index (χ1v) is 12.2. The van der Waals surface area contributed by atoms with Crippen LogP contribution in [0.1, 0.15) is 28.6 Å².